The Balaban J connectivity index is 2.11. The highest BCUT2D eigenvalue weighted by atomic mass is 35.5. The number of aromatic nitrogens is 1. The fourth-order valence-corrected chi connectivity index (χ4v) is 1.97. The molecule has 0 unspecified atom stereocenters. The fraction of sp³-hybridized carbons (Fsp3) is 0.267. The minimum absolute atomic E-state index is 0.522. The number of alkyl halides is 1. The minimum atomic E-state index is 0.522. The number of hydrogen-bond acceptors (Lipinski definition) is 2. The number of nitrogens with zero attached hydrogens (tertiary/aromatic N) is 2. The van der Waals surface area contributed by atoms with Gasteiger partial charge in [-0.15, -0.1) is 11.6 Å². The molecule has 18 heavy (non-hydrogen) atoms. The maximum Gasteiger partial charge on any atom is 0.128 e. The number of benzene rings is 1. The van der Waals surface area contributed by atoms with Gasteiger partial charge in [-0.25, -0.2) is 4.98 Å². The molecule has 0 aliphatic heterocycles. The third-order valence-electron chi connectivity index (χ3n) is 2.90. The van der Waals surface area contributed by atoms with Crippen molar-refractivity contribution in [1.82, 2.24) is 4.98 Å². The van der Waals surface area contributed by atoms with Crippen molar-refractivity contribution in [1.29, 1.82) is 0 Å². The number of rotatable bonds is 4. The van der Waals surface area contributed by atoms with Gasteiger partial charge in [-0.3, -0.25) is 0 Å². The molecule has 0 aliphatic rings. The Hall–Kier alpha value is -1.54. The summed E-state index contributed by atoms with van der Waals surface area (Å²) in [6.07, 6.45) is 1.80. The molecule has 0 aliphatic carbocycles. The highest BCUT2D eigenvalue weighted by Gasteiger charge is 2.04. The van der Waals surface area contributed by atoms with Crippen molar-refractivity contribution in [2.45, 2.75) is 19.3 Å². The number of pyridine rings is 1. The Labute approximate surface area is 113 Å². The molecule has 0 fully saturated rings. The predicted molar refractivity (Wildman–Crippen MR) is 77.1 cm³/mol. The zero-order valence-corrected chi connectivity index (χ0v) is 11.5. The molecule has 0 bridgehead atoms. The van der Waals surface area contributed by atoms with Crippen LogP contribution in [-0.2, 0) is 12.4 Å². The Morgan fingerprint density at radius 1 is 1.11 bits per heavy atom. The van der Waals surface area contributed by atoms with Crippen LogP contribution in [0.15, 0.2) is 42.6 Å². The van der Waals surface area contributed by atoms with Crippen LogP contribution >= 0.6 is 11.6 Å². The number of halogens is 1. The summed E-state index contributed by atoms with van der Waals surface area (Å²) in [7, 11) is 2.04. The summed E-state index contributed by atoms with van der Waals surface area (Å²) in [5.41, 5.74) is 3.65. The van der Waals surface area contributed by atoms with Gasteiger partial charge in [0.2, 0.25) is 0 Å². The third-order valence-corrected chi connectivity index (χ3v) is 3.20. The smallest absolute Gasteiger partial charge is 0.128 e. The zero-order chi connectivity index (χ0) is 13.0. The van der Waals surface area contributed by atoms with Gasteiger partial charge in [-0.05, 0) is 30.2 Å². The molecule has 3 heteroatoms. The van der Waals surface area contributed by atoms with E-state index in [1.165, 1.54) is 11.1 Å². The number of hydrogen-bond donors (Lipinski definition) is 0. The van der Waals surface area contributed by atoms with Crippen LogP contribution in [0.5, 0.6) is 0 Å². The molecule has 2 rings (SSSR count). The first-order chi connectivity index (χ1) is 8.69. The standard InChI is InChI=1S/C15H17ClN2/c1-12-3-5-13(6-4-12)11-18(2)15-9-14(10-16)7-8-17-15/h3-9H,10-11H2,1-2H3. The number of aryl methyl sites for hydroxylation is 1. The van der Waals surface area contributed by atoms with E-state index in [4.69, 9.17) is 11.6 Å². The first-order valence-electron chi connectivity index (χ1n) is 5.96. The van der Waals surface area contributed by atoms with E-state index < -0.39 is 0 Å². The van der Waals surface area contributed by atoms with Crippen LogP contribution in [0.2, 0.25) is 0 Å². The molecule has 1 aromatic carbocycles. The second-order valence-electron chi connectivity index (χ2n) is 4.50. The lowest BCUT2D eigenvalue weighted by atomic mass is 10.1. The fourth-order valence-electron chi connectivity index (χ4n) is 1.80. The van der Waals surface area contributed by atoms with Crippen molar-refractivity contribution < 1.29 is 0 Å². The molecule has 0 N–H and O–H groups in total. The van der Waals surface area contributed by atoms with Crippen LogP contribution in [0.3, 0.4) is 0 Å². The molecular weight excluding hydrogens is 244 g/mol. The summed E-state index contributed by atoms with van der Waals surface area (Å²) in [5.74, 6) is 1.47. The van der Waals surface area contributed by atoms with E-state index in [1.807, 2.05) is 19.2 Å². The molecule has 0 amide bonds. The van der Waals surface area contributed by atoms with Gasteiger partial charge in [-0.2, -0.15) is 0 Å². The van der Waals surface area contributed by atoms with Gasteiger partial charge in [0.05, 0.1) is 0 Å². The minimum Gasteiger partial charge on any atom is -0.355 e. The van der Waals surface area contributed by atoms with E-state index in [0.717, 1.165) is 17.9 Å². The monoisotopic (exact) mass is 260 g/mol. The van der Waals surface area contributed by atoms with Crippen molar-refractivity contribution in [3.8, 4) is 0 Å². The van der Waals surface area contributed by atoms with Crippen LogP contribution in [0.25, 0.3) is 0 Å². The molecule has 94 valence electrons. The first kappa shape index (κ1) is 12.9. The van der Waals surface area contributed by atoms with Gasteiger partial charge in [0.15, 0.2) is 0 Å². The average molecular weight is 261 g/mol. The summed E-state index contributed by atoms with van der Waals surface area (Å²) in [6.45, 7) is 2.94. The summed E-state index contributed by atoms with van der Waals surface area (Å²) in [6, 6.07) is 12.5. The van der Waals surface area contributed by atoms with E-state index in [2.05, 4.69) is 41.1 Å². The van der Waals surface area contributed by atoms with E-state index in [0.29, 0.717) is 5.88 Å². The van der Waals surface area contributed by atoms with Crippen molar-refractivity contribution >= 4 is 17.4 Å². The number of anilines is 1. The Bertz CT molecular complexity index is 508. The molecular formula is C15H17ClN2. The quantitative estimate of drug-likeness (QED) is 0.778. The summed E-state index contributed by atoms with van der Waals surface area (Å²) in [5, 5.41) is 0. The van der Waals surface area contributed by atoms with Gasteiger partial charge in [0.1, 0.15) is 5.82 Å². The molecule has 0 atom stereocenters. The van der Waals surface area contributed by atoms with Gasteiger partial charge in [0, 0.05) is 25.7 Å². The van der Waals surface area contributed by atoms with E-state index >= 15 is 0 Å². The van der Waals surface area contributed by atoms with E-state index in [1.54, 1.807) is 6.20 Å². The maximum absolute atomic E-state index is 5.83. The van der Waals surface area contributed by atoms with Crippen LogP contribution in [-0.4, -0.2) is 12.0 Å². The second-order valence-corrected chi connectivity index (χ2v) is 4.76. The van der Waals surface area contributed by atoms with E-state index in [9.17, 15) is 0 Å². The van der Waals surface area contributed by atoms with E-state index in [-0.39, 0.29) is 0 Å². The lowest BCUT2D eigenvalue weighted by molar-refractivity contribution is 0.895. The van der Waals surface area contributed by atoms with Crippen LogP contribution in [0.4, 0.5) is 5.82 Å². The summed E-state index contributed by atoms with van der Waals surface area (Å²) in [4.78, 5) is 6.49. The summed E-state index contributed by atoms with van der Waals surface area (Å²) < 4.78 is 0. The largest absolute Gasteiger partial charge is 0.355 e. The van der Waals surface area contributed by atoms with Crippen LogP contribution < -0.4 is 4.90 Å². The highest BCUT2D eigenvalue weighted by Crippen LogP contribution is 2.15. The summed E-state index contributed by atoms with van der Waals surface area (Å²) >= 11 is 5.83. The lowest BCUT2D eigenvalue weighted by Crippen LogP contribution is -2.17. The van der Waals surface area contributed by atoms with Crippen LogP contribution in [0, 0.1) is 6.92 Å². The van der Waals surface area contributed by atoms with Gasteiger partial charge < -0.3 is 4.90 Å². The molecule has 2 aromatic rings. The van der Waals surface area contributed by atoms with Gasteiger partial charge in [0.25, 0.3) is 0 Å². The molecule has 0 saturated heterocycles. The van der Waals surface area contributed by atoms with Crippen molar-refractivity contribution in [3.63, 3.8) is 0 Å². The van der Waals surface area contributed by atoms with Gasteiger partial charge in [-0.1, -0.05) is 29.8 Å². The molecule has 0 radical (unpaired) electrons. The van der Waals surface area contributed by atoms with Crippen molar-refractivity contribution in [2.75, 3.05) is 11.9 Å². The van der Waals surface area contributed by atoms with Crippen molar-refractivity contribution in [2.24, 2.45) is 0 Å². The lowest BCUT2D eigenvalue weighted by Gasteiger charge is -2.18. The zero-order valence-electron chi connectivity index (χ0n) is 10.7. The average Bonchev–Trinajstić information content (AvgIpc) is 2.41. The van der Waals surface area contributed by atoms with Crippen LogP contribution in [0.1, 0.15) is 16.7 Å². The Morgan fingerprint density at radius 2 is 1.83 bits per heavy atom. The molecule has 1 heterocycles. The molecule has 1 aromatic heterocycles. The Morgan fingerprint density at radius 3 is 2.50 bits per heavy atom. The highest BCUT2D eigenvalue weighted by molar-refractivity contribution is 6.17. The normalized spacial score (nSPS) is 10.4. The molecule has 0 spiro atoms. The predicted octanol–water partition coefficient (Wildman–Crippen LogP) is 3.77. The van der Waals surface area contributed by atoms with Crippen molar-refractivity contribution in [3.05, 3.63) is 59.3 Å². The van der Waals surface area contributed by atoms with Gasteiger partial charge >= 0.3 is 0 Å². The molecule has 2 nitrogen and oxygen atoms in total. The maximum atomic E-state index is 5.83. The third kappa shape index (κ3) is 3.23. The first-order valence-corrected chi connectivity index (χ1v) is 6.50. The Kier molecular flexibility index (Phi) is 4.21. The molecule has 0 saturated carbocycles. The second kappa shape index (κ2) is 5.87. The SMILES string of the molecule is Cc1ccc(CN(C)c2cc(CCl)ccn2)cc1. The topological polar surface area (TPSA) is 16.1 Å².